The van der Waals surface area contributed by atoms with E-state index in [1.807, 2.05) is 0 Å². The van der Waals surface area contributed by atoms with E-state index in [0.29, 0.717) is 19.1 Å². The normalized spacial score (nSPS) is 17.1. The first-order valence-electron chi connectivity index (χ1n) is 5.87. The van der Waals surface area contributed by atoms with E-state index in [1.165, 1.54) is 12.8 Å². The van der Waals surface area contributed by atoms with Crippen LogP contribution in [0.2, 0.25) is 0 Å². The first kappa shape index (κ1) is 12.2. The Morgan fingerprint density at radius 1 is 1.60 bits per heavy atom. The number of nitrogens with one attached hydrogen (secondary N) is 2. The predicted molar refractivity (Wildman–Crippen MR) is 62.6 cm³/mol. The maximum Gasteiger partial charge on any atom is 0.234 e. The number of hydrogen-bond donors (Lipinski definition) is 2. The van der Waals surface area contributed by atoms with Gasteiger partial charge in [-0.3, -0.25) is 4.79 Å². The fourth-order valence-electron chi connectivity index (χ4n) is 1.65. The lowest BCUT2D eigenvalue weighted by Gasteiger charge is -2.16. The molecule has 3 heteroatoms. The molecule has 0 aliphatic heterocycles. The molecular formula is C12H22N2O. The van der Waals surface area contributed by atoms with E-state index in [0.717, 1.165) is 18.8 Å². The van der Waals surface area contributed by atoms with E-state index < -0.39 is 0 Å². The minimum Gasteiger partial charge on any atom is -0.352 e. The smallest absolute Gasteiger partial charge is 0.234 e. The zero-order valence-corrected chi connectivity index (χ0v) is 9.59. The van der Waals surface area contributed by atoms with Crippen molar-refractivity contribution in [2.75, 3.05) is 13.1 Å². The summed E-state index contributed by atoms with van der Waals surface area (Å²) < 4.78 is 0. The molecule has 0 aromatic carbocycles. The molecule has 0 bridgehead atoms. The van der Waals surface area contributed by atoms with Crippen LogP contribution in [-0.4, -0.2) is 25.0 Å². The Balaban J connectivity index is 2.12. The Bertz CT molecular complexity index is 212. The molecule has 0 spiro atoms. The topological polar surface area (TPSA) is 41.1 Å². The Kier molecular flexibility index (Phi) is 5.40. The van der Waals surface area contributed by atoms with Gasteiger partial charge in [0.15, 0.2) is 0 Å². The number of rotatable bonds is 8. The molecule has 0 heterocycles. The Hall–Kier alpha value is -0.830. The van der Waals surface area contributed by atoms with Crippen molar-refractivity contribution in [2.24, 2.45) is 5.92 Å². The maximum atomic E-state index is 11.5. The summed E-state index contributed by atoms with van der Waals surface area (Å²) in [6.45, 7) is 6.80. The third kappa shape index (κ3) is 5.57. The van der Waals surface area contributed by atoms with Crippen molar-refractivity contribution < 1.29 is 4.79 Å². The Morgan fingerprint density at radius 3 is 2.87 bits per heavy atom. The van der Waals surface area contributed by atoms with Crippen molar-refractivity contribution in [3.05, 3.63) is 12.7 Å². The number of carbonyl (C=O) groups is 1. The highest BCUT2D eigenvalue weighted by Gasteiger charge is 2.25. The molecule has 0 saturated heterocycles. The first-order valence-corrected chi connectivity index (χ1v) is 5.87. The average Bonchev–Trinajstić information content (AvgIpc) is 3.01. The molecule has 86 valence electrons. The highest BCUT2D eigenvalue weighted by Crippen LogP contribution is 2.33. The molecule has 0 aromatic rings. The molecule has 1 amide bonds. The summed E-state index contributed by atoms with van der Waals surface area (Å²) in [6, 6.07) is 0.371. The molecule has 1 saturated carbocycles. The summed E-state index contributed by atoms with van der Waals surface area (Å²) >= 11 is 0. The van der Waals surface area contributed by atoms with Gasteiger partial charge in [-0.25, -0.2) is 0 Å². The van der Waals surface area contributed by atoms with Gasteiger partial charge in [0.2, 0.25) is 5.91 Å². The standard InChI is InChI=1S/C12H22N2O/c1-3-7-13-9-12(15)14-11(4-2)8-10-5-6-10/h3,10-11,13H,1,4-9H2,2H3,(H,14,15). The molecule has 1 fully saturated rings. The van der Waals surface area contributed by atoms with Crippen molar-refractivity contribution in [1.82, 2.24) is 10.6 Å². The average molecular weight is 210 g/mol. The maximum absolute atomic E-state index is 11.5. The number of carbonyl (C=O) groups excluding carboxylic acids is 1. The summed E-state index contributed by atoms with van der Waals surface area (Å²) in [7, 11) is 0. The van der Waals surface area contributed by atoms with Gasteiger partial charge in [0.05, 0.1) is 6.54 Å². The summed E-state index contributed by atoms with van der Waals surface area (Å²) in [4.78, 5) is 11.5. The van der Waals surface area contributed by atoms with Gasteiger partial charge in [-0.2, -0.15) is 0 Å². The van der Waals surface area contributed by atoms with Crippen LogP contribution in [0, 0.1) is 5.92 Å². The first-order chi connectivity index (χ1) is 7.26. The molecule has 1 atom stereocenters. The minimum absolute atomic E-state index is 0.101. The second kappa shape index (κ2) is 6.62. The van der Waals surface area contributed by atoms with E-state index in [1.54, 1.807) is 6.08 Å². The molecule has 0 aromatic heterocycles. The third-order valence-electron chi connectivity index (χ3n) is 2.75. The van der Waals surface area contributed by atoms with Crippen LogP contribution in [0.4, 0.5) is 0 Å². The van der Waals surface area contributed by atoms with Crippen LogP contribution in [0.25, 0.3) is 0 Å². The van der Waals surface area contributed by atoms with Crippen LogP contribution in [0.1, 0.15) is 32.6 Å². The zero-order valence-electron chi connectivity index (χ0n) is 9.59. The molecule has 2 N–H and O–H groups in total. The van der Waals surface area contributed by atoms with Crippen molar-refractivity contribution in [1.29, 1.82) is 0 Å². The van der Waals surface area contributed by atoms with E-state index in [9.17, 15) is 4.79 Å². The monoisotopic (exact) mass is 210 g/mol. The molecule has 3 nitrogen and oxygen atoms in total. The lowest BCUT2D eigenvalue weighted by atomic mass is 10.1. The van der Waals surface area contributed by atoms with Gasteiger partial charge >= 0.3 is 0 Å². The van der Waals surface area contributed by atoms with Crippen molar-refractivity contribution in [2.45, 2.75) is 38.6 Å². The Labute approximate surface area is 92.3 Å². The van der Waals surface area contributed by atoms with E-state index >= 15 is 0 Å². The third-order valence-corrected chi connectivity index (χ3v) is 2.75. The van der Waals surface area contributed by atoms with Crippen LogP contribution in [0.3, 0.4) is 0 Å². The highest BCUT2D eigenvalue weighted by atomic mass is 16.1. The van der Waals surface area contributed by atoms with Crippen LogP contribution < -0.4 is 10.6 Å². The summed E-state index contributed by atoms with van der Waals surface area (Å²) in [6.07, 6.45) is 6.64. The van der Waals surface area contributed by atoms with Gasteiger partial charge in [-0.15, -0.1) is 6.58 Å². The van der Waals surface area contributed by atoms with Crippen LogP contribution in [0.5, 0.6) is 0 Å². The number of hydrogen-bond acceptors (Lipinski definition) is 2. The minimum atomic E-state index is 0.101. The molecule has 0 radical (unpaired) electrons. The largest absolute Gasteiger partial charge is 0.352 e. The lowest BCUT2D eigenvalue weighted by Crippen LogP contribution is -2.40. The van der Waals surface area contributed by atoms with Crippen molar-refractivity contribution in [3.8, 4) is 0 Å². The zero-order chi connectivity index (χ0) is 11.1. The van der Waals surface area contributed by atoms with Crippen LogP contribution in [0.15, 0.2) is 12.7 Å². The van der Waals surface area contributed by atoms with Gasteiger partial charge in [-0.05, 0) is 18.8 Å². The number of amides is 1. The molecule has 1 rings (SSSR count). The Morgan fingerprint density at radius 2 is 2.33 bits per heavy atom. The molecule has 1 unspecified atom stereocenters. The molecule has 1 aliphatic carbocycles. The summed E-state index contributed by atoms with van der Waals surface area (Å²) in [5.41, 5.74) is 0. The molecule has 1 aliphatic rings. The SMILES string of the molecule is C=CCNCC(=O)NC(CC)CC1CC1. The van der Waals surface area contributed by atoms with Gasteiger partial charge in [0.25, 0.3) is 0 Å². The van der Waals surface area contributed by atoms with Crippen molar-refractivity contribution in [3.63, 3.8) is 0 Å². The van der Waals surface area contributed by atoms with E-state index in [4.69, 9.17) is 0 Å². The second-order valence-electron chi connectivity index (χ2n) is 4.27. The highest BCUT2D eigenvalue weighted by molar-refractivity contribution is 5.78. The van der Waals surface area contributed by atoms with Crippen LogP contribution >= 0.6 is 0 Å². The van der Waals surface area contributed by atoms with Gasteiger partial charge in [0.1, 0.15) is 0 Å². The predicted octanol–water partition coefficient (Wildman–Crippen LogP) is 1.46. The summed E-state index contributed by atoms with van der Waals surface area (Å²) in [5, 5.41) is 6.06. The fraction of sp³-hybridized carbons (Fsp3) is 0.750. The van der Waals surface area contributed by atoms with E-state index in [2.05, 4.69) is 24.1 Å². The van der Waals surface area contributed by atoms with Gasteiger partial charge in [-0.1, -0.05) is 25.8 Å². The van der Waals surface area contributed by atoms with Crippen molar-refractivity contribution >= 4 is 5.91 Å². The molecular weight excluding hydrogens is 188 g/mol. The lowest BCUT2D eigenvalue weighted by molar-refractivity contribution is -0.121. The van der Waals surface area contributed by atoms with Gasteiger partial charge < -0.3 is 10.6 Å². The second-order valence-corrected chi connectivity index (χ2v) is 4.27. The fourth-order valence-corrected chi connectivity index (χ4v) is 1.65. The molecule has 15 heavy (non-hydrogen) atoms. The summed E-state index contributed by atoms with van der Waals surface area (Å²) in [5.74, 6) is 0.973. The van der Waals surface area contributed by atoms with Gasteiger partial charge in [0, 0.05) is 12.6 Å². The quantitative estimate of drug-likeness (QED) is 0.470. The van der Waals surface area contributed by atoms with E-state index in [-0.39, 0.29) is 5.91 Å². The van der Waals surface area contributed by atoms with Crippen LogP contribution in [-0.2, 0) is 4.79 Å².